The van der Waals surface area contributed by atoms with Crippen molar-refractivity contribution in [3.63, 3.8) is 0 Å². The second kappa shape index (κ2) is 7.46. The molecule has 3 atom stereocenters. The van der Waals surface area contributed by atoms with Gasteiger partial charge in [-0.2, -0.15) is 0 Å². The van der Waals surface area contributed by atoms with Gasteiger partial charge in [-0.25, -0.2) is 0 Å². The highest BCUT2D eigenvalue weighted by atomic mass is 16.5. The molecule has 2 aliphatic rings. The van der Waals surface area contributed by atoms with E-state index in [1.165, 1.54) is 57.9 Å². The van der Waals surface area contributed by atoms with Gasteiger partial charge in [-0.3, -0.25) is 0 Å². The summed E-state index contributed by atoms with van der Waals surface area (Å²) in [5.74, 6) is 0.724. The molecular weight excluding hydrogens is 224 g/mol. The second-order valence-corrected chi connectivity index (χ2v) is 6.25. The van der Waals surface area contributed by atoms with Crippen molar-refractivity contribution in [1.29, 1.82) is 0 Å². The lowest BCUT2D eigenvalue weighted by atomic mass is 9.91. The van der Waals surface area contributed by atoms with Crippen LogP contribution in [0, 0.1) is 5.92 Å². The molecule has 3 unspecified atom stereocenters. The van der Waals surface area contributed by atoms with Crippen LogP contribution in [0.5, 0.6) is 0 Å². The Morgan fingerprint density at radius 2 is 1.83 bits per heavy atom. The molecule has 0 amide bonds. The molecule has 2 fully saturated rings. The number of rotatable bonds is 3. The quantitative estimate of drug-likeness (QED) is 0.840. The normalized spacial score (nSPS) is 35.2. The molecule has 3 heteroatoms. The number of nitrogens with zero attached hydrogens (tertiary/aromatic N) is 1. The Kier molecular flexibility index (Phi) is 5.93. The highest BCUT2D eigenvalue weighted by Gasteiger charge is 2.25. The van der Waals surface area contributed by atoms with Crippen molar-refractivity contribution in [2.24, 2.45) is 11.7 Å². The molecule has 2 N–H and O–H groups in total. The van der Waals surface area contributed by atoms with Gasteiger partial charge in [0.15, 0.2) is 0 Å². The summed E-state index contributed by atoms with van der Waals surface area (Å²) in [6.45, 7) is 3.08. The monoisotopic (exact) mass is 254 g/mol. The van der Waals surface area contributed by atoms with Crippen molar-refractivity contribution in [2.45, 2.75) is 63.5 Å². The molecule has 0 aromatic rings. The Morgan fingerprint density at radius 1 is 1.06 bits per heavy atom. The van der Waals surface area contributed by atoms with Crippen LogP contribution in [0.25, 0.3) is 0 Å². The number of hydrogen-bond donors (Lipinski definition) is 1. The minimum absolute atomic E-state index is 0.375. The highest BCUT2D eigenvalue weighted by molar-refractivity contribution is 4.83. The largest absolute Gasteiger partial charge is 0.381 e. The van der Waals surface area contributed by atoms with Gasteiger partial charge < -0.3 is 15.4 Å². The van der Waals surface area contributed by atoms with E-state index in [4.69, 9.17) is 10.5 Å². The maximum Gasteiger partial charge on any atom is 0.0506 e. The van der Waals surface area contributed by atoms with E-state index in [2.05, 4.69) is 11.9 Å². The summed E-state index contributed by atoms with van der Waals surface area (Å²) in [4.78, 5) is 2.52. The topological polar surface area (TPSA) is 38.5 Å². The smallest absolute Gasteiger partial charge is 0.0506 e. The van der Waals surface area contributed by atoms with Crippen LogP contribution >= 0.6 is 0 Å². The van der Waals surface area contributed by atoms with E-state index in [0.29, 0.717) is 12.1 Å². The Balaban J connectivity index is 1.82. The lowest BCUT2D eigenvalue weighted by Crippen LogP contribution is -2.48. The molecule has 0 spiro atoms. The zero-order chi connectivity index (χ0) is 12.8. The zero-order valence-corrected chi connectivity index (χ0v) is 11.9. The summed E-state index contributed by atoms with van der Waals surface area (Å²) in [6, 6.07) is 0.965. The van der Waals surface area contributed by atoms with E-state index in [9.17, 15) is 0 Å². The molecule has 3 nitrogen and oxygen atoms in total. The minimum atomic E-state index is 0.375. The van der Waals surface area contributed by atoms with E-state index >= 15 is 0 Å². The molecule has 0 aromatic carbocycles. The first-order chi connectivity index (χ1) is 8.77. The third kappa shape index (κ3) is 4.22. The molecule has 0 bridgehead atoms. The lowest BCUT2D eigenvalue weighted by Gasteiger charge is -2.37. The molecule has 1 saturated carbocycles. The van der Waals surface area contributed by atoms with Gasteiger partial charge in [0.05, 0.1) is 6.61 Å². The maximum absolute atomic E-state index is 6.38. The predicted molar refractivity (Wildman–Crippen MR) is 75.6 cm³/mol. The van der Waals surface area contributed by atoms with Crippen molar-refractivity contribution in [1.82, 2.24) is 4.90 Å². The van der Waals surface area contributed by atoms with E-state index < -0.39 is 0 Å². The van der Waals surface area contributed by atoms with E-state index in [1.807, 2.05) is 0 Å². The molecule has 18 heavy (non-hydrogen) atoms. The van der Waals surface area contributed by atoms with Crippen molar-refractivity contribution < 1.29 is 4.74 Å². The lowest BCUT2D eigenvalue weighted by molar-refractivity contribution is 0.0323. The first kappa shape index (κ1) is 14.3. The first-order valence-corrected chi connectivity index (χ1v) is 7.81. The molecule has 1 aliphatic heterocycles. The summed E-state index contributed by atoms with van der Waals surface area (Å²) >= 11 is 0. The minimum Gasteiger partial charge on any atom is -0.381 e. The average Bonchev–Trinajstić information content (AvgIpc) is 2.35. The summed E-state index contributed by atoms with van der Waals surface area (Å²) in [5.41, 5.74) is 6.38. The maximum atomic E-state index is 6.38. The van der Waals surface area contributed by atoms with Gasteiger partial charge in [-0.15, -0.1) is 0 Å². The molecule has 0 radical (unpaired) electrons. The van der Waals surface area contributed by atoms with E-state index in [-0.39, 0.29) is 0 Å². The van der Waals surface area contributed by atoms with Gasteiger partial charge in [0.2, 0.25) is 0 Å². The molecule has 2 rings (SSSR count). The van der Waals surface area contributed by atoms with Gasteiger partial charge in [-0.1, -0.05) is 25.7 Å². The van der Waals surface area contributed by atoms with Crippen LogP contribution in [0.4, 0.5) is 0 Å². The summed E-state index contributed by atoms with van der Waals surface area (Å²) < 4.78 is 5.58. The predicted octanol–water partition coefficient (Wildman–Crippen LogP) is 2.39. The number of likely N-dealkylation sites (N-methyl/N-ethyl adjacent to an activating group) is 1. The van der Waals surface area contributed by atoms with Crippen molar-refractivity contribution in [3.05, 3.63) is 0 Å². The van der Waals surface area contributed by atoms with Crippen LogP contribution in [0.3, 0.4) is 0 Å². The fourth-order valence-electron chi connectivity index (χ4n) is 3.53. The van der Waals surface area contributed by atoms with Crippen molar-refractivity contribution in [2.75, 3.05) is 26.8 Å². The fourth-order valence-corrected chi connectivity index (χ4v) is 3.53. The van der Waals surface area contributed by atoms with Crippen molar-refractivity contribution in [3.8, 4) is 0 Å². The van der Waals surface area contributed by atoms with Crippen LogP contribution in [-0.4, -0.2) is 43.8 Å². The summed E-state index contributed by atoms with van der Waals surface area (Å²) in [6.07, 6.45) is 10.5. The number of hydrogen-bond acceptors (Lipinski definition) is 3. The molecule has 1 aliphatic carbocycles. The van der Waals surface area contributed by atoms with Crippen LogP contribution in [0.15, 0.2) is 0 Å². The zero-order valence-electron chi connectivity index (χ0n) is 11.9. The van der Waals surface area contributed by atoms with Crippen molar-refractivity contribution >= 4 is 0 Å². The van der Waals surface area contributed by atoms with Gasteiger partial charge in [0.1, 0.15) is 0 Å². The van der Waals surface area contributed by atoms with E-state index in [0.717, 1.165) is 19.1 Å². The standard InChI is InChI=1S/C15H30N2O/c1-17(11-13-7-6-10-18-12-13)15-9-5-3-2-4-8-14(15)16/h13-15H,2-12,16H2,1H3. The molecule has 0 aromatic heterocycles. The average molecular weight is 254 g/mol. The van der Waals surface area contributed by atoms with Gasteiger partial charge in [0, 0.05) is 25.2 Å². The van der Waals surface area contributed by atoms with Gasteiger partial charge in [-0.05, 0) is 38.6 Å². The van der Waals surface area contributed by atoms with Crippen LogP contribution < -0.4 is 5.73 Å². The third-order valence-electron chi connectivity index (χ3n) is 4.65. The third-order valence-corrected chi connectivity index (χ3v) is 4.65. The molecule has 1 saturated heterocycles. The number of nitrogens with two attached hydrogens (primary N) is 1. The van der Waals surface area contributed by atoms with Crippen LogP contribution in [0.2, 0.25) is 0 Å². The van der Waals surface area contributed by atoms with E-state index in [1.54, 1.807) is 0 Å². The first-order valence-electron chi connectivity index (χ1n) is 7.81. The Morgan fingerprint density at radius 3 is 2.56 bits per heavy atom. The molecule has 106 valence electrons. The Bertz CT molecular complexity index is 229. The summed E-state index contributed by atoms with van der Waals surface area (Å²) in [5, 5.41) is 0. The SMILES string of the molecule is CN(CC1CCCOC1)C1CCCCCCC1N. The van der Waals surface area contributed by atoms with Gasteiger partial charge >= 0.3 is 0 Å². The molecule has 1 heterocycles. The highest BCUT2D eigenvalue weighted by Crippen LogP contribution is 2.22. The Labute approximate surface area is 112 Å². The van der Waals surface area contributed by atoms with Crippen LogP contribution in [0.1, 0.15) is 51.4 Å². The van der Waals surface area contributed by atoms with Gasteiger partial charge in [0.25, 0.3) is 0 Å². The molecular formula is C15H30N2O. The van der Waals surface area contributed by atoms with Crippen LogP contribution in [-0.2, 0) is 4.74 Å². The Hall–Kier alpha value is -0.120. The fraction of sp³-hybridized carbons (Fsp3) is 1.00. The summed E-state index contributed by atoms with van der Waals surface area (Å²) in [7, 11) is 2.26. The number of ether oxygens (including phenoxy) is 1. The second-order valence-electron chi connectivity index (χ2n) is 6.25.